The fraction of sp³-hybridized carbons (Fsp3) is 0.367. The molecule has 0 radical (unpaired) electrons. The van der Waals surface area contributed by atoms with Gasteiger partial charge in [0.05, 0.1) is 5.56 Å². The lowest BCUT2D eigenvalue weighted by Gasteiger charge is -2.34. The zero-order valence-corrected chi connectivity index (χ0v) is 23.6. The van der Waals surface area contributed by atoms with Gasteiger partial charge in [-0.25, -0.2) is 13.7 Å². The zero-order valence-electron chi connectivity index (χ0n) is 23.6. The quantitative estimate of drug-likeness (QED) is 0.300. The predicted octanol–water partition coefficient (Wildman–Crippen LogP) is 5.41. The summed E-state index contributed by atoms with van der Waals surface area (Å²) in [6, 6.07) is 9.53. The maximum Gasteiger partial charge on any atom is 0.416 e. The van der Waals surface area contributed by atoms with E-state index in [1.807, 2.05) is 4.90 Å². The number of rotatable bonds is 6. The lowest BCUT2D eigenvalue weighted by atomic mass is 9.98. The molecule has 2 aliphatic rings. The summed E-state index contributed by atoms with van der Waals surface area (Å²) < 4.78 is 64.4. The Bertz CT molecular complexity index is 1630. The maximum atomic E-state index is 14.6. The Kier molecular flexibility index (Phi) is 7.93. The van der Waals surface area contributed by atoms with Crippen LogP contribution in [0.15, 0.2) is 55.0 Å². The Morgan fingerprint density at radius 2 is 1.84 bits per heavy atom. The lowest BCUT2D eigenvalue weighted by Crippen LogP contribution is -2.45. The van der Waals surface area contributed by atoms with Crippen LogP contribution < -0.4 is 10.1 Å². The summed E-state index contributed by atoms with van der Waals surface area (Å²) in [4.78, 5) is 23.1. The molecule has 6 rings (SSSR count). The number of likely N-dealkylation sites (N-methyl/N-ethyl adjacent to an activating group) is 1. The minimum Gasteiger partial charge on any atom is -0.437 e. The lowest BCUT2D eigenvalue weighted by molar-refractivity contribution is -0.138. The van der Waals surface area contributed by atoms with Gasteiger partial charge in [0.25, 0.3) is 0 Å². The van der Waals surface area contributed by atoms with E-state index in [0.717, 1.165) is 31.3 Å². The van der Waals surface area contributed by atoms with Crippen LogP contribution in [0.4, 0.5) is 28.0 Å². The topological polar surface area (TPSA) is 78.2 Å². The van der Waals surface area contributed by atoms with Gasteiger partial charge >= 0.3 is 12.2 Å². The predicted molar refractivity (Wildman–Crippen MR) is 151 cm³/mol. The molecule has 13 heteroatoms. The van der Waals surface area contributed by atoms with Crippen LogP contribution >= 0.6 is 0 Å². The van der Waals surface area contributed by atoms with E-state index in [-0.39, 0.29) is 36.8 Å². The third-order valence-electron chi connectivity index (χ3n) is 8.02. The van der Waals surface area contributed by atoms with Crippen molar-refractivity contribution in [1.29, 1.82) is 0 Å². The van der Waals surface area contributed by atoms with E-state index in [2.05, 4.69) is 27.2 Å². The van der Waals surface area contributed by atoms with Crippen molar-refractivity contribution in [1.82, 2.24) is 29.3 Å². The van der Waals surface area contributed by atoms with Crippen LogP contribution in [0.5, 0.6) is 11.6 Å². The number of amides is 2. The van der Waals surface area contributed by atoms with E-state index in [9.17, 15) is 22.4 Å². The van der Waals surface area contributed by atoms with Crippen molar-refractivity contribution >= 4 is 17.2 Å². The number of nitrogens with zero attached hydrogens (tertiary/aromatic N) is 6. The molecule has 0 saturated carbocycles. The molecule has 1 saturated heterocycles. The highest BCUT2D eigenvalue weighted by Crippen LogP contribution is 2.36. The van der Waals surface area contributed by atoms with Crippen molar-refractivity contribution < 1.29 is 27.1 Å². The Morgan fingerprint density at radius 1 is 1.05 bits per heavy atom. The first-order valence-electron chi connectivity index (χ1n) is 14.2. The number of aromatic nitrogens is 3. The molecule has 2 aromatic heterocycles. The van der Waals surface area contributed by atoms with E-state index in [1.165, 1.54) is 35.5 Å². The Labute approximate surface area is 245 Å². The van der Waals surface area contributed by atoms with E-state index >= 15 is 0 Å². The van der Waals surface area contributed by atoms with Crippen molar-refractivity contribution in [3.8, 4) is 11.6 Å². The number of hydrogen-bond acceptors (Lipinski definition) is 6. The normalized spacial score (nSPS) is 16.3. The SMILES string of the molecule is CCN1CCN(Cc2ccc(NC(=O)N3CCc4c(cc(F)cc4Oc4ncnn5cccc45)C3)cc2C(F)(F)F)CC1. The molecule has 0 unspecified atom stereocenters. The first kappa shape index (κ1) is 28.9. The van der Waals surface area contributed by atoms with Crippen molar-refractivity contribution in [3.63, 3.8) is 0 Å². The number of anilines is 1. The summed E-state index contributed by atoms with van der Waals surface area (Å²) in [6.07, 6.45) is -1.14. The summed E-state index contributed by atoms with van der Waals surface area (Å²) in [6.45, 7) is 6.53. The molecular weight excluding hydrogens is 566 g/mol. The van der Waals surface area contributed by atoms with Crippen molar-refractivity contribution in [3.05, 3.63) is 83.1 Å². The Morgan fingerprint density at radius 3 is 2.60 bits per heavy atom. The second kappa shape index (κ2) is 11.8. The molecule has 0 spiro atoms. The zero-order chi connectivity index (χ0) is 30.1. The number of piperazine rings is 1. The number of ether oxygens (including phenoxy) is 1. The number of carbonyl (C=O) groups is 1. The van der Waals surface area contributed by atoms with Crippen LogP contribution in [0.3, 0.4) is 0 Å². The highest BCUT2D eigenvalue weighted by molar-refractivity contribution is 5.89. The molecular formula is C30H31F4N7O2. The van der Waals surface area contributed by atoms with Gasteiger partial charge in [0.2, 0.25) is 5.88 Å². The van der Waals surface area contributed by atoms with Gasteiger partial charge in [-0.2, -0.15) is 23.3 Å². The first-order valence-corrected chi connectivity index (χ1v) is 14.2. The monoisotopic (exact) mass is 597 g/mol. The largest absolute Gasteiger partial charge is 0.437 e. The summed E-state index contributed by atoms with van der Waals surface area (Å²) in [7, 11) is 0. The molecule has 2 amide bonds. The number of hydrogen-bond donors (Lipinski definition) is 1. The molecule has 1 N–H and O–H groups in total. The molecule has 1 fully saturated rings. The van der Waals surface area contributed by atoms with Gasteiger partial charge < -0.3 is 19.9 Å². The number of urea groups is 1. The van der Waals surface area contributed by atoms with Gasteiger partial charge in [-0.3, -0.25) is 4.90 Å². The third kappa shape index (κ3) is 6.27. The molecule has 0 aliphatic carbocycles. The molecule has 4 heterocycles. The molecule has 0 atom stereocenters. The molecule has 2 aromatic carbocycles. The minimum atomic E-state index is -4.57. The molecule has 226 valence electrons. The highest BCUT2D eigenvalue weighted by Gasteiger charge is 2.35. The molecule has 4 aromatic rings. The average Bonchev–Trinajstić information content (AvgIpc) is 3.47. The maximum absolute atomic E-state index is 14.6. The number of benzene rings is 2. The fourth-order valence-electron chi connectivity index (χ4n) is 5.67. The van der Waals surface area contributed by atoms with Gasteiger partial charge in [-0.1, -0.05) is 13.0 Å². The van der Waals surface area contributed by atoms with Crippen LogP contribution in [-0.2, 0) is 25.7 Å². The first-order chi connectivity index (χ1) is 20.7. The number of halogens is 4. The van der Waals surface area contributed by atoms with Gasteiger partial charge in [0, 0.05) is 69.3 Å². The fourth-order valence-corrected chi connectivity index (χ4v) is 5.67. The van der Waals surface area contributed by atoms with Crippen LogP contribution in [0.25, 0.3) is 5.52 Å². The van der Waals surface area contributed by atoms with Gasteiger partial charge in [0.1, 0.15) is 23.4 Å². The van der Waals surface area contributed by atoms with Crippen molar-refractivity contribution in [2.24, 2.45) is 0 Å². The number of nitrogens with one attached hydrogen (secondary N) is 1. The van der Waals surface area contributed by atoms with Crippen LogP contribution in [-0.4, -0.2) is 74.6 Å². The van der Waals surface area contributed by atoms with Crippen LogP contribution in [0.1, 0.15) is 29.2 Å². The molecule has 9 nitrogen and oxygen atoms in total. The summed E-state index contributed by atoms with van der Waals surface area (Å²) in [5.74, 6) is 0.0106. The molecule has 43 heavy (non-hydrogen) atoms. The van der Waals surface area contributed by atoms with Crippen molar-refractivity contribution in [2.45, 2.75) is 32.6 Å². The average molecular weight is 598 g/mol. The van der Waals surface area contributed by atoms with Gasteiger partial charge in [0.15, 0.2) is 0 Å². The van der Waals surface area contributed by atoms with Crippen molar-refractivity contribution in [2.75, 3.05) is 44.6 Å². The summed E-state index contributed by atoms with van der Waals surface area (Å²) in [5, 5.41) is 6.71. The van der Waals surface area contributed by atoms with Gasteiger partial charge in [-0.05, 0) is 54.4 Å². The molecule has 2 aliphatic heterocycles. The minimum absolute atomic E-state index is 0.0471. The molecule has 0 bridgehead atoms. The van der Waals surface area contributed by atoms with Crippen LogP contribution in [0, 0.1) is 5.82 Å². The summed E-state index contributed by atoms with van der Waals surface area (Å²) >= 11 is 0. The number of fused-ring (bicyclic) bond motifs is 2. The third-order valence-corrected chi connectivity index (χ3v) is 8.02. The van der Waals surface area contributed by atoms with Crippen LogP contribution in [0.2, 0.25) is 0 Å². The number of carbonyl (C=O) groups excluding carboxylic acids is 1. The smallest absolute Gasteiger partial charge is 0.416 e. The Hall–Kier alpha value is -4.23. The highest BCUT2D eigenvalue weighted by atomic mass is 19.4. The second-order valence-corrected chi connectivity index (χ2v) is 10.7. The summed E-state index contributed by atoms with van der Waals surface area (Å²) in [5.41, 5.74) is 1.35. The van der Waals surface area contributed by atoms with E-state index < -0.39 is 23.6 Å². The Balaban J connectivity index is 1.16. The van der Waals surface area contributed by atoms with Gasteiger partial charge in [-0.15, -0.1) is 0 Å². The van der Waals surface area contributed by atoms with E-state index in [4.69, 9.17) is 4.74 Å². The van der Waals surface area contributed by atoms with E-state index in [1.54, 1.807) is 22.8 Å². The van der Waals surface area contributed by atoms with E-state index in [0.29, 0.717) is 36.3 Å². The standard InChI is InChI=1S/C30H31F4N7O2/c1-2-38-10-12-39(13-11-38)17-20-5-6-23(16-25(20)30(32,33)34)37-29(42)40-9-7-24-21(18-40)14-22(31)15-27(24)43-28-26-4-3-8-41(26)36-19-35-28/h3-6,8,14-16,19H,2,7,9-13,17-18H2,1H3,(H,37,42). The number of alkyl halides is 3. The second-order valence-electron chi connectivity index (χ2n) is 10.7.